The second kappa shape index (κ2) is 9.83. The summed E-state index contributed by atoms with van der Waals surface area (Å²) in [6, 6.07) is 32.4. The second-order valence-corrected chi connectivity index (χ2v) is 10.7. The number of rotatable bonds is 9. The molecule has 0 saturated heterocycles. The molecule has 0 aromatic heterocycles. The largest absolute Gasteiger partial charge is 0.389 e. The number of aliphatic hydroxyl groups is 1. The molecule has 2 heteroatoms. The van der Waals surface area contributed by atoms with E-state index < -0.39 is 7.26 Å². The van der Waals surface area contributed by atoms with Crippen LogP contribution in [0.4, 0.5) is 0 Å². The van der Waals surface area contributed by atoms with Gasteiger partial charge in [0.1, 0.15) is 23.2 Å². The predicted octanol–water partition coefficient (Wildman–Crippen LogP) is 4.92. The fraction of sp³-hybridized carbons (Fsp3) is 0.280. The van der Waals surface area contributed by atoms with Gasteiger partial charge in [0.15, 0.2) is 0 Å². The Morgan fingerprint density at radius 3 is 1.44 bits per heavy atom. The minimum absolute atomic E-state index is 0.287. The highest BCUT2D eigenvalue weighted by Crippen LogP contribution is 2.56. The lowest BCUT2D eigenvalue weighted by atomic mass is 10.1. The van der Waals surface area contributed by atoms with E-state index in [1.54, 1.807) is 0 Å². The highest BCUT2D eigenvalue weighted by atomic mass is 31.2. The molecule has 1 atom stereocenters. The fourth-order valence-corrected chi connectivity index (χ4v) is 8.23. The van der Waals surface area contributed by atoms with Crippen LogP contribution in [0.5, 0.6) is 0 Å². The molecule has 27 heavy (non-hydrogen) atoms. The second-order valence-electron chi connectivity index (χ2n) is 7.15. The van der Waals surface area contributed by atoms with E-state index in [-0.39, 0.29) is 6.10 Å². The van der Waals surface area contributed by atoms with Crippen molar-refractivity contribution in [1.29, 1.82) is 0 Å². The van der Waals surface area contributed by atoms with E-state index in [4.69, 9.17) is 0 Å². The molecule has 0 bridgehead atoms. The van der Waals surface area contributed by atoms with Crippen molar-refractivity contribution in [2.24, 2.45) is 0 Å². The lowest BCUT2D eigenvalue weighted by molar-refractivity contribution is 0.184. The van der Waals surface area contributed by atoms with E-state index in [0.29, 0.717) is 0 Å². The van der Waals surface area contributed by atoms with Crippen molar-refractivity contribution in [2.45, 2.75) is 38.7 Å². The molecule has 0 radical (unpaired) electrons. The molecule has 1 nitrogen and oxygen atoms in total. The van der Waals surface area contributed by atoms with Gasteiger partial charge in [-0.15, -0.1) is 0 Å². The van der Waals surface area contributed by atoms with Gasteiger partial charge in [-0.05, 0) is 42.8 Å². The van der Waals surface area contributed by atoms with Gasteiger partial charge < -0.3 is 5.11 Å². The zero-order valence-electron chi connectivity index (χ0n) is 16.2. The van der Waals surface area contributed by atoms with Crippen LogP contribution >= 0.6 is 7.26 Å². The van der Waals surface area contributed by atoms with Crippen LogP contribution in [0.1, 0.15) is 32.6 Å². The van der Waals surface area contributed by atoms with E-state index in [2.05, 4.69) is 97.9 Å². The zero-order valence-corrected chi connectivity index (χ0v) is 17.1. The molecule has 0 spiro atoms. The maximum Gasteiger partial charge on any atom is 0.114 e. The van der Waals surface area contributed by atoms with Crippen molar-refractivity contribution in [1.82, 2.24) is 0 Å². The van der Waals surface area contributed by atoms with Gasteiger partial charge in [0.25, 0.3) is 0 Å². The van der Waals surface area contributed by atoms with Gasteiger partial charge in [-0.25, -0.2) is 0 Å². The van der Waals surface area contributed by atoms with Gasteiger partial charge in [-0.2, -0.15) is 0 Å². The van der Waals surface area contributed by atoms with Crippen LogP contribution in [0.3, 0.4) is 0 Å². The smallest absolute Gasteiger partial charge is 0.114 e. The Hall–Kier alpha value is -1.95. The molecular weight excluding hydrogens is 347 g/mol. The molecule has 140 valence electrons. The number of unbranched alkanes of at least 4 members (excludes halogenated alkanes) is 2. The first kappa shape index (κ1) is 19.8. The number of aliphatic hydroxyl groups excluding tert-OH is 1. The zero-order chi connectivity index (χ0) is 19.0. The van der Waals surface area contributed by atoms with Crippen molar-refractivity contribution in [2.75, 3.05) is 6.16 Å². The van der Waals surface area contributed by atoms with Gasteiger partial charge in [-0.1, -0.05) is 80.8 Å². The topological polar surface area (TPSA) is 20.2 Å². The van der Waals surface area contributed by atoms with Crippen LogP contribution in [-0.4, -0.2) is 17.4 Å². The van der Waals surface area contributed by atoms with E-state index in [0.717, 1.165) is 19.0 Å². The minimum atomic E-state index is -1.91. The summed E-state index contributed by atoms with van der Waals surface area (Å²) in [6.07, 6.45) is 4.85. The lowest BCUT2D eigenvalue weighted by Gasteiger charge is -2.29. The highest BCUT2D eigenvalue weighted by molar-refractivity contribution is 7.95. The average molecular weight is 377 g/mol. The third-order valence-corrected chi connectivity index (χ3v) is 9.72. The van der Waals surface area contributed by atoms with Gasteiger partial charge >= 0.3 is 0 Å². The Balaban J connectivity index is 2.11. The first-order valence-corrected chi connectivity index (χ1v) is 12.0. The van der Waals surface area contributed by atoms with Crippen molar-refractivity contribution >= 4 is 23.2 Å². The Kier molecular flexibility index (Phi) is 7.21. The number of hydrogen-bond donors (Lipinski definition) is 1. The van der Waals surface area contributed by atoms with Crippen molar-refractivity contribution in [3.8, 4) is 0 Å². The molecule has 0 aliphatic heterocycles. The summed E-state index contributed by atoms with van der Waals surface area (Å²) in [4.78, 5) is 0. The third kappa shape index (κ3) is 4.67. The molecule has 3 rings (SSSR count). The molecular formula is C25H30OP+. The van der Waals surface area contributed by atoms with Crippen molar-refractivity contribution < 1.29 is 5.11 Å². The van der Waals surface area contributed by atoms with Crippen LogP contribution in [0.25, 0.3) is 0 Å². The molecule has 0 aliphatic rings. The summed E-state index contributed by atoms with van der Waals surface area (Å²) < 4.78 is 0. The minimum Gasteiger partial charge on any atom is -0.389 e. The van der Waals surface area contributed by atoms with Gasteiger partial charge in [0, 0.05) is 0 Å². The summed E-state index contributed by atoms with van der Waals surface area (Å²) in [5, 5.41) is 15.1. The van der Waals surface area contributed by atoms with Gasteiger partial charge in [-0.3, -0.25) is 0 Å². The van der Waals surface area contributed by atoms with Crippen LogP contribution in [0.15, 0.2) is 91.0 Å². The lowest BCUT2D eigenvalue weighted by Crippen LogP contribution is -2.37. The summed E-state index contributed by atoms with van der Waals surface area (Å²) >= 11 is 0. The van der Waals surface area contributed by atoms with Crippen molar-refractivity contribution in [3.05, 3.63) is 91.0 Å². The van der Waals surface area contributed by atoms with Crippen LogP contribution < -0.4 is 15.9 Å². The summed E-state index contributed by atoms with van der Waals surface area (Å²) in [7, 11) is -1.91. The molecule has 0 amide bonds. The Morgan fingerprint density at radius 1 is 0.667 bits per heavy atom. The van der Waals surface area contributed by atoms with Gasteiger partial charge in [0.2, 0.25) is 0 Å². The first-order valence-electron chi connectivity index (χ1n) is 10.0. The molecule has 3 aromatic carbocycles. The predicted molar refractivity (Wildman–Crippen MR) is 120 cm³/mol. The number of hydrogen-bond acceptors (Lipinski definition) is 1. The van der Waals surface area contributed by atoms with Gasteiger partial charge in [0.05, 0.1) is 12.3 Å². The van der Waals surface area contributed by atoms with E-state index in [9.17, 15) is 5.11 Å². The molecule has 0 heterocycles. The third-order valence-electron chi connectivity index (χ3n) is 5.22. The van der Waals surface area contributed by atoms with E-state index in [1.807, 2.05) is 0 Å². The summed E-state index contributed by atoms with van der Waals surface area (Å²) in [5.41, 5.74) is 0. The first-order chi connectivity index (χ1) is 13.3. The van der Waals surface area contributed by atoms with Crippen molar-refractivity contribution in [3.63, 3.8) is 0 Å². The normalized spacial score (nSPS) is 12.7. The maximum atomic E-state index is 11.0. The number of benzene rings is 3. The molecule has 0 fully saturated rings. The summed E-state index contributed by atoms with van der Waals surface area (Å²) in [5.74, 6) is 0. The van der Waals surface area contributed by atoms with E-state index in [1.165, 1.54) is 28.8 Å². The highest BCUT2D eigenvalue weighted by Gasteiger charge is 2.46. The SMILES string of the molecule is CCCCCC(O)C[P+](c1ccccc1)(c1ccccc1)c1ccccc1. The van der Waals surface area contributed by atoms with Crippen LogP contribution in [-0.2, 0) is 0 Å². The Morgan fingerprint density at radius 2 is 1.07 bits per heavy atom. The Labute approximate surface area is 164 Å². The quantitative estimate of drug-likeness (QED) is 0.414. The standard InChI is InChI=1S/C25H30OP/c1-2-3-7-14-22(26)21-27(23-15-8-4-9-16-23,24-17-10-5-11-18-24)25-19-12-6-13-20-25/h4-6,8-13,15-20,22,26H,2-3,7,14,21H2,1H3/q+1. The monoisotopic (exact) mass is 377 g/mol. The van der Waals surface area contributed by atoms with Crippen LogP contribution in [0, 0.1) is 0 Å². The van der Waals surface area contributed by atoms with Crippen LogP contribution in [0.2, 0.25) is 0 Å². The molecule has 1 N–H and O–H groups in total. The maximum absolute atomic E-state index is 11.0. The Bertz CT molecular complexity index is 690. The average Bonchev–Trinajstić information content (AvgIpc) is 2.74. The summed E-state index contributed by atoms with van der Waals surface area (Å²) in [6.45, 7) is 2.21. The van der Waals surface area contributed by atoms with E-state index >= 15 is 0 Å². The molecule has 0 saturated carbocycles. The molecule has 3 aromatic rings. The fourth-order valence-electron chi connectivity index (χ4n) is 3.85. The molecule has 0 aliphatic carbocycles. The molecule has 1 unspecified atom stereocenters.